The normalized spacial score (nSPS) is 17.4. The number of rotatable bonds is 4. The maximum atomic E-state index is 12.0. The molecule has 1 aliphatic heterocycles. The quantitative estimate of drug-likeness (QED) is 0.675. The van der Waals surface area contributed by atoms with Gasteiger partial charge in [-0.05, 0) is 42.4 Å². The SMILES string of the molecule is COC(=S)NC[C@H]1CN(c2ccc(/C(C)=C/C#N)cc2)C(=O)O1. The van der Waals surface area contributed by atoms with Gasteiger partial charge in [0.2, 0.25) is 0 Å². The molecule has 1 aromatic carbocycles. The molecule has 1 heterocycles. The molecule has 1 saturated heterocycles. The summed E-state index contributed by atoms with van der Waals surface area (Å²) in [4.78, 5) is 13.5. The fourth-order valence-electron chi connectivity index (χ4n) is 2.19. The number of amides is 1. The number of carbonyl (C=O) groups excluding carboxylic acids is 1. The van der Waals surface area contributed by atoms with Crippen LogP contribution in [-0.2, 0) is 9.47 Å². The second-order valence-corrected chi connectivity index (χ2v) is 5.36. The number of anilines is 1. The number of hydrogen-bond acceptors (Lipinski definition) is 5. The van der Waals surface area contributed by atoms with Crippen LogP contribution in [0.2, 0.25) is 0 Å². The molecule has 7 heteroatoms. The van der Waals surface area contributed by atoms with Gasteiger partial charge in [0.15, 0.2) is 0 Å². The average molecular weight is 331 g/mol. The topological polar surface area (TPSA) is 74.6 Å². The van der Waals surface area contributed by atoms with Gasteiger partial charge in [-0.25, -0.2) is 4.79 Å². The fourth-order valence-corrected chi connectivity index (χ4v) is 2.28. The maximum absolute atomic E-state index is 12.0. The molecule has 0 spiro atoms. The number of thiocarbonyl (C=S) groups is 1. The Morgan fingerprint density at radius 1 is 1.57 bits per heavy atom. The van der Waals surface area contributed by atoms with E-state index in [2.05, 4.69) is 5.32 Å². The minimum absolute atomic E-state index is 0.267. The minimum atomic E-state index is -0.392. The van der Waals surface area contributed by atoms with Gasteiger partial charge in [0.05, 0.1) is 26.3 Å². The molecule has 1 atom stereocenters. The predicted octanol–water partition coefficient (Wildman–Crippen LogP) is 2.46. The molecule has 0 bridgehead atoms. The molecule has 1 fully saturated rings. The number of nitrogens with zero attached hydrogens (tertiary/aromatic N) is 2. The summed E-state index contributed by atoms with van der Waals surface area (Å²) in [5, 5.41) is 11.8. The first-order valence-electron chi connectivity index (χ1n) is 7.02. The molecule has 1 amide bonds. The zero-order valence-electron chi connectivity index (χ0n) is 12.9. The number of nitriles is 1. The largest absolute Gasteiger partial charge is 0.474 e. The van der Waals surface area contributed by atoms with E-state index in [1.165, 1.54) is 13.2 Å². The van der Waals surface area contributed by atoms with Crippen molar-refractivity contribution in [2.45, 2.75) is 13.0 Å². The molecule has 120 valence electrons. The smallest absolute Gasteiger partial charge is 0.414 e. The van der Waals surface area contributed by atoms with Gasteiger partial charge < -0.3 is 14.8 Å². The van der Waals surface area contributed by atoms with Gasteiger partial charge in [0, 0.05) is 11.8 Å². The van der Waals surface area contributed by atoms with Gasteiger partial charge in [0.25, 0.3) is 5.17 Å². The Bertz CT molecular complexity index is 664. The third kappa shape index (κ3) is 4.20. The monoisotopic (exact) mass is 331 g/mol. The highest BCUT2D eigenvalue weighted by Gasteiger charge is 2.32. The van der Waals surface area contributed by atoms with Crippen molar-refractivity contribution in [2.24, 2.45) is 0 Å². The maximum Gasteiger partial charge on any atom is 0.414 e. The second-order valence-electron chi connectivity index (χ2n) is 4.99. The van der Waals surface area contributed by atoms with Gasteiger partial charge in [-0.2, -0.15) is 5.26 Å². The van der Waals surface area contributed by atoms with E-state index in [0.717, 1.165) is 16.8 Å². The summed E-state index contributed by atoms with van der Waals surface area (Å²) < 4.78 is 10.1. The zero-order chi connectivity index (χ0) is 16.8. The van der Waals surface area contributed by atoms with Gasteiger partial charge in [-0.15, -0.1) is 0 Å². The number of hydrogen-bond donors (Lipinski definition) is 1. The molecule has 0 unspecified atom stereocenters. The van der Waals surface area contributed by atoms with E-state index in [1.807, 2.05) is 37.3 Å². The predicted molar refractivity (Wildman–Crippen MR) is 90.9 cm³/mol. The summed E-state index contributed by atoms with van der Waals surface area (Å²) in [7, 11) is 1.48. The number of allylic oxidation sites excluding steroid dienone is 2. The van der Waals surface area contributed by atoms with E-state index in [4.69, 9.17) is 27.0 Å². The Kier molecular flexibility index (Phi) is 5.55. The molecule has 1 aromatic rings. The Morgan fingerprint density at radius 3 is 2.87 bits per heavy atom. The van der Waals surface area contributed by atoms with E-state index >= 15 is 0 Å². The molecule has 0 aliphatic carbocycles. The summed E-state index contributed by atoms with van der Waals surface area (Å²) in [6.07, 6.45) is 0.798. The Morgan fingerprint density at radius 2 is 2.26 bits per heavy atom. The molecule has 0 aromatic heterocycles. The van der Waals surface area contributed by atoms with Crippen LogP contribution < -0.4 is 10.2 Å². The molecular weight excluding hydrogens is 314 g/mol. The first-order chi connectivity index (χ1) is 11.0. The van der Waals surface area contributed by atoms with Gasteiger partial charge in [0.1, 0.15) is 6.10 Å². The third-order valence-electron chi connectivity index (χ3n) is 3.45. The highest BCUT2D eigenvalue weighted by atomic mass is 32.1. The zero-order valence-corrected chi connectivity index (χ0v) is 13.7. The molecule has 6 nitrogen and oxygen atoms in total. The Hall–Kier alpha value is -2.59. The standard InChI is InChI=1S/C16H17N3O3S/c1-11(7-8-17)12-3-5-13(6-4-12)19-10-14(22-16(19)20)9-18-15(23)21-2/h3-7,14H,9-10H2,1-2H3,(H,18,23)/b11-7+/t14-/m0/s1. The first-order valence-corrected chi connectivity index (χ1v) is 7.42. The lowest BCUT2D eigenvalue weighted by molar-refractivity contribution is 0.142. The Balaban J connectivity index is 2.02. The fraction of sp³-hybridized carbons (Fsp3) is 0.312. The molecule has 23 heavy (non-hydrogen) atoms. The van der Waals surface area contributed by atoms with Crippen molar-refractivity contribution in [2.75, 3.05) is 25.1 Å². The summed E-state index contributed by atoms with van der Waals surface area (Å²) in [5.41, 5.74) is 2.56. The number of ether oxygens (including phenoxy) is 2. The summed E-state index contributed by atoms with van der Waals surface area (Å²) >= 11 is 4.89. The molecule has 1 N–H and O–H groups in total. The molecule has 0 radical (unpaired) electrons. The Labute approximate surface area is 140 Å². The summed E-state index contributed by atoms with van der Waals surface area (Å²) in [5.74, 6) is 0. The second kappa shape index (κ2) is 7.61. The minimum Gasteiger partial charge on any atom is -0.474 e. The molecule has 2 rings (SSSR count). The lowest BCUT2D eigenvalue weighted by atomic mass is 10.1. The van der Waals surface area contributed by atoms with Crippen LogP contribution in [0.15, 0.2) is 30.3 Å². The van der Waals surface area contributed by atoms with Crippen LogP contribution in [0.5, 0.6) is 0 Å². The van der Waals surface area contributed by atoms with E-state index < -0.39 is 6.09 Å². The number of benzene rings is 1. The number of carbonyl (C=O) groups is 1. The lowest BCUT2D eigenvalue weighted by Gasteiger charge is -2.14. The van der Waals surface area contributed by atoms with Crippen LogP contribution in [0.1, 0.15) is 12.5 Å². The van der Waals surface area contributed by atoms with Crippen LogP contribution in [0.25, 0.3) is 5.57 Å². The van der Waals surface area contributed by atoms with Gasteiger partial charge in [-0.3, -0.25) is 4.90 Å². The van der Waals surface area contributed by atoms with E-state index in [-0.39, 0.29) is 11.3 Å². The average Bonchev–Trinajstić information content (AvgIpc) is 2.94. The van der Waals surface area contributed by atoms with Crippen LogP contribution in [0.4, 0.5) is 10.5 Å². The van der Waals surface area contributed by atoms with Crippen molar-refractivity contribution in [3.05, 3.63) is 35.9 Å². The summed E-state index contributed by atoms with van der Waals surface area (Å²) in [6, 6.07) is 9.42. The van der Waals surface area contributed by atoms with Crippen molar-refractivity contribution in [3.63, 3.8) is 0 Å². The van der Waals surface area contributed by atoms with Crippen LogP contribution >= 0.6 is 12.2 Å². The lowest BCUT2D eigenvalue weighted by Crippen LogP contribution is -2.34. The molecule has 1 aliphatic rings. The first kappa shape index (κ1) is 16.8. The van der Waals surface area contributed by atoms with Crippen molar-refractivity contribution >= 4 is 34.7 Å². The van der Waals surface area contributed by atoms with Crippen LogP contribution in [0.3, 0.4) is 0 Å². The van der Waals surface area contributed by atoms with Gasteiger partial charge >= 0.3 is 6.09 Å². The number of nitrogens with one attached hydrogen (secondary N) is 1. The highest BCUT2D eigenvalue weighted by molar-refractivity contribution is 7.80. The van der Waals surface area contributed by atoms with Crippen molar-refractivity contribution in [1.82, 2.24) is 5.32 Å². The summed E-state index contributed by atoms with van der Waals surface area (Å²) in [6.45, 7) is 2.70. The van der Waals surface area contributed by atoms with Gasteiger partial charge in [-0.1, -0.05) is 12.1 Å². The van der Waals surface area contributed by atoms with Crippen molar-refractivity contribution in [3.8, 4) is 6.07 Å². The van der Waals surface area contributed by atoms with E-state index in [9.17, 15) is 4.79 Å². The highest BCUT2D eigenvalue weighted by Crippen LogP contribution is 2.24. The molecule has 0 saturated carbocycles. The van der Waals surface area contributed by atoms with Crippen LogP contribution in [0, 0.1) is 11.3 Å². The van der Waals surface area contributed by atoms with Crippen molar-refractivity contribution in [1.29, 1.82) is 5.26 Å². The molecular formula is C16H17N3O3S. The number of cyclic esters (lactones) is 1. The van der Waals surface area contributed by atoms with Crippen molar-refractivity contribution < 1.29 is 14.3 Å². The van der Waals surface area contributed by atoms with E-state index in [1.54, 1.807) is 4.90 Å². The van der Waals surface area contributed by atoms with Crippen LogP contribution in [-0.4, -0.2) is 37.6 Å². The van der Waals surface area contributed by atoms with E-state index in [0.29, 0.717) is 13.1 Å². The number of methoxy groups -OCH3 is 1. The third-order valence-corrected chi connectivity index (χ3v) is 3.76.